The third kappa shape index (κ3) is 7.03. The van der Waals surface area contributed by atoms with Gasteiger partial charge in [0.25, 0.3) is 10.0 Å². The number of nitrogens with one attached hydrogen (secondary N) is 1. The molecular weight excluding hydrogens is 598 g/mol. The number of nitriles is 1. The summed E-state index contributed by atoms with van der Waals surface area (Å²) in [5.41, 5.74) is 0.445. The van der Waals surface area contributed by atoms with E-state index in [0.717, 1.165) is 50.2 Å². The van der Waals surface area contributed by atoms with Crippen LogP contribution in [0.4, 0.5) is 5.69 Å². The predicted molar refractivity (Wildman–Crippen MR) is 172 cm³/mol. The SMILES string of the molecule is CO[C@H]1/C=C/C[C@H](C)[C@@H](CC#N)C(=O)NS(=O)(=O)c2ccc3c(c2)N(CCCCC2C=C(Cl)C=CC2(C)CO3)C[C@@H]2CC[C@H]21. The number of hydrogen-bond donors (Lipinski definition) is 1. The van der Waals surface area contributed by atoms with Crippen LogP contribution in [0.15, 0.2) is 58.5 Å². The number of anilines is 1. The highest BCUT2D eigenvalue weighted by molar-refractivity contribution is 7.90. The van der Waals surface area contributed by atoms with Crippen LogP contribution in [-0.4, -0.2) is 47.2 Å². The Morgan fingerprint density at radius 1 is 1.25 bits per heavy atom. The van der Waals surface area contributed by atoms with Gasteiger partial charge in [-0.1, -0.05) is 56.2 Å². The van der Waals surface area contributed by atoms with E-state index in [2.05, 4.69) is 40.8 Å². The van der Waals surface area contributed by atoms with Gasteiger partial charge in [-0.3, -0.25) is 4.79 Å². The van der Waals surface area contributed by atoms with Gasteiger partial charge in [-0.2, -0.15) is 5.26 Å². The summed E-state index contributed by atoms with van der Waals surface area (Å²) >= 11 is 6.41. The van der Waals surface area contributed by atoms with Gasteiger partial charge in [0.1, 0.15) is 5.75 Å². The molecule has 238 valence electrons. The summed E-state index contributed by atoms with van der Waals surface area (Å²) in [5, 5.41) is 10.2. The van der Waals surface area contributed by atoms with E-state index >= 15 is 0 Å². The number of sulfonamides is 1. The van der Waals surface area contributed by atoms with E-state index in [1.54, 1.807) is 19.2 Å². The third-order valence-corrected chi connectivity index (χ3v) is 11.8. The zero-order valence-electron chi connectivity index (χ0n) is 25.9. The van der Waals surface area contributed by atoms with Crippen molar-refractivity contribution in [3.8, 4) is 11.8 Å². The minimum absolute atomic E-state index is 0.000263. The van der Waals surface area contributed by atoms with Crippen molar-refractivity contribution in [2.24, 2.45) is 35.0 Å². The maximum Gasteiger partial charge on any atom is 0.264 e. The van der Waals surface area contributed by atoms with E-state index in [-0.39, 0.29) is 34.7 Å². The number of nitrogens with zero attached hydrogens (tertiary/aromatic N) is 2. The Morgan fingerprint density at radius 3 is 2.80 bits per heavy atom. The maximum atomic E-state index is 13.6. The molecule has 1 amide bonds. The lowest BCUT2D eigenvalue weighted by molar-refractivity contribution is -0.124. The number of hydrogen-bond acceptors (Lipinski definition) is 7. The van der Waals surface area contributed by atoms with E-state index in [0.29, 0.717) is 36.3 Å². The molecule has 8 nitrogen and oxygen atoms in total. The molecule has 1 aromatic carbocycles. The number of fused-ring (bicyclic) bond motifs is 3. The molecule has 0 spiro atoms. The number of allylic oxidation sites excluding steroid dienone is 4. The second-order valence-electron chi connectivity index (χ2n) is 13.1. The summed E-state index contributed by atoms with van der Waals surface area (Å²) < 4.78 is 42.0. The molecule has 0 radical (unpaired) electrons. The Morgan fingerprint density at radius 2 is 2.07 bits per heavy atom. The van der Waals surface area contributed by atoms with Crippen molar-refractivity contribution in [1.82, 2.24) is 4.72 Å². The van der Waals surface area contributed by atoms with E-state index < -0.39 is 21.8 Å². The summed E-state index contributed by atoms with van der Waals surface area (Å²) in [6, 6.07) is 6.92. The largest absolute Gasteiger partial charge is 0.490 e. The van der Waals surface area contributed by atoms with Crippen LogP contribution in [0.25, 0.3) is 0 Å². The molecule has 1 aromatic rings. The summed E-state index contributed by atoms with van der Waals surface area (Å²) in [6.45, 7) is 5.95. The fourth-order valence-corrected chi connectivity index (χ4v) is 8.35. The molecule has 0 saturated heterocycles. The smallest absolute Gasteiger partial charge is 0.264 e. The quantitative estimate of drug-likeness (QED) is 0.375. The maximum absolute atomic E-state index is 13.6. The van der Waals surface area contributed by atoms with Gasteiger partial charge >= 0.3 is 0 Å². The van der Waals surface area contributed by atoms with Gasteiger partial charge in [-0.05, 0) is 80.1 Å². The highest BCUT2D eigenvalue weighted by atomic mass is 35.5. The van der Waals surface area contributed by atoms with Crippen molar-refractivity contribution in [1.29, 1.82) is 5.26 Å². The molecule has 1 saturated carbocycles. The van der Waals surface area contributed by atoms with Gasteiger partial charge < -0.3 is 14.4 Å². The lowest BCUT2D eigenvalue weighted by atomic mass is 9.70. The summed E-state index contributed by atoms with van der Waals surface area (Å²) in [6.07, 6.45) is 15.7. The topological polar surface area (TPSA) is 109 Å². The minimum atomic E-state index is -4.20. The zero-order chi connectivity index (χ0) is 31.5. The molecule has 1 fully saturated rings. The minimum Gasteiger partial charge on any atom is -0.490 e. The molecule has 2 unspecified atom stereocenters. The van der Waals surface area contributed by atoms with Crippen molar-refractivity contribution < 1.29 is 22.7 Å². The highest BCUT2D eigenvalue weighted by Gasteiger charge is 2.39. The molecule has 44 heavy (non-hydrogen) atoms. The van der Waals surface area contributed by atoms with E-state index in [1.807, 2.05) is 19.1 Å². The first kappa shape index (κ1) is 32.6. The molecule has 2 aliphatic carbocycles. The second-order valence-corrected chi connectivity index (χ2v) is 15.3. The standard InChI is InChI=1S/C34H44ClN3O5S/c1-23-7-6-9-31(42-3)29-12-10-24(29)21-38-18-5-4-8-25-19-26(35)14-16-34(25,2)22-43-32-13-11-27(20-30(32)38)44(40,41)37-33(39)28(23)15-17-36/h6,9,11,13-14,16,19-20,23-25,28-29,31H,4-5,7-8,10,12,15,18,21-22H2,1-3H3,(H,37,39)/b9-6+/t23-,24-,25?,28+,29+,31-,34?/m0/s1. The van der Waals surface area contributed by atoms with Gasteiger partial charge in [-0.15, -0.1) is 0 Å². The van der Waals surface area contributed by atoms with Crippen LogP contribution in [0.2, 0.25) is 0 Å². The lowest BCUT2D eigenvalue weighted by Crippen LogP contribution is -2.44. The van der Waals surface area contributed by atoms with Crippen molar-refractivity contribution in [3.63, 3.8) is 0 Å². The van der Waals surface area contributed by atoms with Crippen LogP contribution in [0.3, 0.4) is 0 Å². The van der Waals surface area contributed by atoms with E-state index in [1.165, 1.54) is 6.07 Å². The number of ether oxygens (including phenoxy) is 2. The number of amides is 1. The average Bonchev–Trinajstić information content (AvgIpc) is 3.00. The molecule has 5 rings (SSSR count). The van der Waals surface area contributed by atoms with Crippen LogP contribution in [-0.2, 0) is 19.6 Å². The van der Waals surface area contributed by atoms with Gasteiger partial charge in [0.2, 0.25) is 5.91 Å². The van der Waals surface area contributed by atoms with Crippen molar-refractivity contribution in [3.05, 3.63) is 53.6 Å². The van der Waals surface area contributed by atoms with Crippen molar-refractivity contribution >= 4 is 33.2 Å². The first-order valence-electron chi connectivity index (χ1n) is 15.8. The number of methoxy groups -OCH3 is 1. The Labute approximate surface area is 267 Å². The number of carbonyl (C=O) groups excluding carboxylic acids is 1. The molecule has 0 aromatic heterocycles. The monoisotopic (exact) mass is 641 g/mol. The summed E-state index contributed by atoms with van der Waals surface area (Å²) in [5.74, 6) is -0.138. The summed E-state index contributed by atoms with van der Waals surface area (Å²) in [4.78, 5) is 15.6. The average molecular weight is 642 g/mol. The van der Waals surface area contributed by atoms with E-state index in [4.69, 9.17) is 21.1 Å². The van der Waals surface area contributed by atoms with Crippen LogP contribution in [0.1, 0.15) is 58.8 Å². The van der Waals surface area contributed by atoms with Crippen LogP contribution in [0, 0.1) is 46.3 Å². The second kappa shape index (κ2) is 13.7. The number of halogens is 1. The summed E-state index contributed by atoms with van der Waals surface area (Å²) in [7, 11) is -2.47. The Kier molecular flexibility index (Phi) is 10.1. The van der Waals surface area contributed by atoms with Gasteiger partial charge in [0, 0.05) is 37.1 Å². The highest BCUT2D eigenvalue weighted by Crippen LogP contribution is 2.44. The third-order valence-electron chi connectivity index (χ3n) is 10.2. The molecule has 7 atom stereocenters. The molecule has 2 heterocycles. The molecule has 1 N–H and O–H groups in total. The Bertz CT molecular complexity index is 1470. The van der Waals surface area contributed by atoms with Gasteiger partial charge in [0.15, 0.2) is 0 Å². The zero-order valence-corrected chi connectivity index (χ0v) is 27.4. The number of carbonyl (C=O) groups is 1. The fourth-order valence-electron chi connectivity index (χ4n) is 7.09. The molecule has 10 heteroatoms. The molecule has 2 aliphatic heterocycles. The van der Waals surface area contributed by atoms with Crippen molar-refractivity contribution in [2.75, 3.05) is 31.7 Å². The van der Waals surface area contributed by atoms with Crippen LogP contribution in [0.5, 0.6) is 5.75 Å². The Balaban J connectivity index is 1.56. The molecule has 2 bridgehead atoms. The van der Waals surface area contributed by atoms with Gasteiger partial charge in [-0.25, -0.2) is 13.1 Å². The molecular formula is C34H44ClN3O5S. The normalized spacial score (nSPS) is 34.8. The Hall–Kier alpha value is -2.80. The number of rotatable bonds is 2. The predicted octanol–water partition coefficient (Wildman–Crippen LogP) is 6.34. The van der Waals surface area contributed by atoms with Crippen molar-refractivity contribution in [2.45, 2.75) is 69.8 Å². The first-order valence-corrected chi connectivity index (χ1v) is 17.6. The van der Waals surface area contributed by atoms with E-state index in [9.17, 15) is 18.5 Å². The molecule has 4 aliphatic rings. The van der Waals surface area contributed by atoms with Crippen LogP contribution < -0.4 is 14.4 Å². The van der Waals surface area contributed by atoms with Crippen LogP contribution >= 0.6 is 11.6 Å². The van der Waals surface area contributed by atoms with Gasteiger partial charge in [0.05, 0.1) is 35.3 Å². The first-order chi connectivity index (χ1) is 21.0. The lowest BCUT2D eigenvalue weighted by Gasteiger charge is -2.43. The number of benzene rings is 1. The fraction of sp³-hybridized carbons (Fsp3) is 0.588.